The lowest BCUT2D eigenvalue weighted by Crippen LogP contribution is -2.52. The highest BCUT2D eigenvalue weighted by Gasteiger charge is 2.58. The summed E-state index contributed by atoms with van der Waals surface area (Å²) in [5.41, 5.74) is 1.38. The van der Waals surface area contributed by atoms with Crippen LogP contribution in [0.25, 0.3) is 0 Å². The van der Waals surface area contributed by atoms with Crippen molar-refractivity contribution in [3.8, 4) is 11.5 Å². The van der Waals surface area contributed by atoms with Crippen molar-refractivity contribution < 1.29 is 19.1 Å². The molecule has 2 atom stereocenters. The van der Waals surface area contributed by atoms with Crippen LogP contribution in [0.3, 0.4) is 0 Å². The van der Waals surface area contributed by atoms with Gasteiger partial charge in [0.25, 0.3) is 5.91 Å². The highest BCUT2D eigenvalue weighted by atomic mass is 32.2. The Hall–Kier alpha value is -1.89. The molecular formula is C18H24N2O4S. The van der Waals surface area contributed by atoms with Crippen molar-refractivity contribution in [2.75, 3.05) is 20.8 Å². The summed E-state index contributed by atoms with van der Waals surface area (Å²) < 4.78 is 10.4. The van der Waals surface area contributed by atoms with Crippen LogP contribution in [-0.4, -0.2) is 48.3 Å². The van der Waals surface area contributed by atoms with Crippen LogP contribution in [0.5, 0.6) is 11.5 Å². The van der Waals surface area contributed by atoms with Crippen molar-refractivity contribution in [2.24, 2.45) is 0 Å². The lowest BCUT2D eigenvalue weighted by Gasteiger charge is -2.29. The number of benzene rings is 1. The van der Waals surface area contributed by atoms with Crippen molar-refractivity contribution in [1.82, 2.24) is 10.2 Å². The lowest BCUT2D eigenvalue weighted by atomic mass is 10.0. The third-order valence-corrected chi connectivity index (χ3v) is 6.23. The Bertz CT molecular complexity index is 719. The van der Waals surface area contributed by atoms with Crippen molar-refractivity contribution in [3.63, 3.8) is 0 Å². The monoisotopic (exact) mass is 364 g/mol. The van der Waals surface area contributed by atoms with Gasteiger partial charge in [0.15, 0.2) is 11.5 Å². The van der Waals surface area contributed by atoms with E-state index in [0.717, 1.165) is 12.0 Å². The van der Waals surface area contributed by atoms with Crippen LogP contribution in [0, 0.1) is 0 Å². The Labute approximate surface area is 152 Å². The quantitative estimate of drug-likeness (QED) is 0.870. The summed E-state index contributed by atoms with van der Waals surface area (Å²) in [5, 5.41) is 2.75. The Morgan fingerprint density at radius 3 is 2.64 bits per heavy atom. The minimum Gasteiger partial charge on any atom is -0.493 e. The molecule has 1 aromatic rings. The normalized spacial score (nSPS) is 23.2. The summed E-state index contributed by atoms with van der Waals surface area (Å²) in [4.78, 5) is 27.7. The molecule has 1 aromatic carbocycles. The molecule has 1 fully saturated rings. The number of amides is 2. The molecule has 25 heavy (non-hydrogen) atoms. The minimum absolute atomic E-state index is 0.103. The van der Waals surface area contributed by atoms with Crippen LogP contribution in [0.15, 0.2) is 12.1 Å². The molecule has 0 aromatic heterocycles. The van der Waals surface area contributed by atoms with Gasteiger partial charge in [-0.15, -0.1) is 11.8 Å². The molecule has 2 aliphatic rings. The second-order valence-corrected chi connectivity index (χ2v) is 8.48. The molecule has 0 aliphatic carbocycles. The van der Waals surface area contributed by atoms with E-state index in [4.69, 9.17) is 9.47 Å². The number of thioether (sulfide) groups is 1. The van der Waals surface area contributed by atoms with E-state index in [2.05, 4.69) is 5.32 Å². The van der Waals surface area contributed by atoms with Crippen LogP contribution in [0.1, 0.15) is 48.5 Å². The molecule has 7 heteroatoms. The topological polar surface area (TPSA) is 67.9 Å². The maximum absolute atomic E-state index is 13.2. The third kappa shape index (κ3) is 2.65. The first kappa shape index (κ1) is 17.9. The van der Waals surface area contributed by atoms with Crippen molar-refractivity contribution in [2.45, 2.75) is 43.4 Å². The van der Waals surface area contributed by atoms with Gasteiger partial charge in [-0.1, -0.05) is 13.0 Å². The molecule has 0 saturated carbocycles. The van der Waals surface area contributed by atoms with Crippen LogP contribution < -0.4 is 14.8 Å². The largest absolute Gasteiger partial charge is 0.493 e. The van der Waals surface area contributed by atoms with Crippen molar-refractivity contribution in [3.05, 3.63) is 23.3 Å². The number of carbonyl (C=O) groups is 2. The zero-order chi connectivity index (χ0) is 18.4. The first-order valence-electron chi connectivity index (χ1n) is 8.40. The number of hydrogen-bond acceptors (Lipinski definition) is 5. The molecule has 2 heterocycles. The average molecular weight is 364 g/mol. The summed E-state index contributed by atoms with van der Waals surface area (Å²) >= 11 is 1.64. The maximum atomic E-state index is 13.2. The second-order valence-electron chi connectivity index (χ2n) is 6.74. The average Bonchev–Trinajstić information content (AvgIpc) is 3.01. The van der Waals surface area contributed by atoms with Gasteiger partial charge in [-0.2, -0.15) is 0 Å². The van der Waals surface area contributed by atoms with Crippen LogP contribution >= 0.6 is 11.8 Å². The van der Waals surface area contributed by atoms with E-state index in [1.54, 1.807) is 23.8 Å². The van der Waals surface area contributed by atoms with Gasteiger partial charge in [0.1, 0.15) is 11.4 Å². The number of fused-ring (bicyclic) bond motifs is 3. The zero-order valence-electron chi connectivity index (χ0n) is 15.2. The number of hydrogen-bond donors (Lipinski definition) is 1. The molecule has 0 radical (unpaired) electrons. The van der Waals surface area contributed by atoms with E-state index in [1.807, 2.05) is 32.9 Å². The van der Waals surface area contributed by atoms with Gasteiger partial charge in [-0.25, -0.2) is 0 Å². The summed E-state index contributed by atoms with van der Waals surface area (Å²) in [5.74, 6) is 0.678. The van der Waals surface area contributed by atoms with E-state index in [-0.39, 0.29) is 21.9 Å². The molecule has 0 unspecified atom stereocenters. The van der Waals surface area contributed by atoms with Gasteiger partial charge in [0.05, 0.1) is 19.8 Å². The van der Waals surface area contributed by atoms with Crippen molar-refractivity contribution >= 4 is 23.6 Å². The van der Waals surface area contributed by atoms with Gasteiger partial charge in [0.2, 0.25) is 5.91 Å². The van der Waals surface area contributed by atoms with E-state index in [9.17, 15) is 9.59 Å². The Balaban J connectivity index is 2.05. The summed E-state index contributed by atoms with van der Waals surface area (Å²) in [7, 11) is 3.07. The summed E-state index contributed by atoms with van der Waals surface area (Å²) in [6.45, 7) is 6.64. The number of carbonyl (C=O) groups excluding carboxylic acids is 2. The number of rotatable bonds is 5. The van der Waals surface area contributed by atoms with Gasteiger partial charge >= 0.3 is 0 Å². The summed E-state index contributed by atoms with van der Waals surface area (Å²) in [6, 6.07) is 3.19. The molecule has 0 spiro atoms. The van der Waals surface area contributed by atoms with E-state index in [1.165, 1.54) is 7.11 Å². The highest BCUT2D eigenvalue weighted by molar-refractivity contribution is 8.01. The molecule has 1 N–H and O–H groups in total. The Morgan fingerprint density at radius 1 is 1.32 bits per heavy atom. The zero-order valence-corrected chi connectivity index (χ0v) is 16.0. The maximum Gasteiger partial charge on any atom is 0.260 e. The highest BCUT2D eigenvalue weighted by Crippen LogP contribution is 2.58. The molecule has 1 saturated heterocycles. The van der Waals surface area contributed by atoms with Gasteiger partial charge in [-0.3, -0.25) is 9.59 Å². The first-order valence-corrected chi connectivity index (χ1v) is 9.28. The molecule has 6 nitrogen and oxygen atoms in total. The van der Waals surface area contributed by atoms with Crippen LogP contribution in [0.2, 0.25) is 0 Å². The number of nitrogens with zero attached hydrogens (tertiary/aromatic N) is 1. The number of ether oxygens (including phenoxy) is 2. The molecule has 2 aliphatic heterocycles. The number of methoxy groups -OCH3 is 2. The Kier molecular flexibility index (Phi) is 4.62. The molecule has 3 rings (SSSR count). The number of nitrogens with one attached hydrogen (secondary N) is 1. The molecular weight excluding hydrogens is 340 g/mol. The lowest BCUT2D eigenvalue weighted by molar-refractivity contribution is -0.126. The van der Waals surface area contributed by atoms with Gasteiger partial charge in [-0.05, 0) is 26.3 Å². The second kappa shape index (κ2) is 6.44. The van der Waals surface area contributed by atoms with E-state index < -0.39 is 6.04 Å². The predicted octanol–water partition coefficient (Wildman–Crippen LogP) is 2.58. The van der Waals surface area contributed by atoms with Gasteiger partial charge < -0.3 is 19.7 Å². The predicted molar refractivity (Wildman–Crippen MR) is 97.2 cm³/mol. The fourth-order valence-corrected chi connectivity index (χ4v) is 5.18. The standard InChI is InChI=1S/C18H24N2O4S/c1-6-9-19-15(21)14-18(2,3)25-17-10-7-8-11(23-4)13(24-5)12(10)16(22)20(14)17/h7-8,14,17H,6,9H2,1-5H3,(H,19,21)/t14-,17-/m0/s1. The molecule has 2 amide bonds. The smallest absolute Gasteiger partial charge is 0.260 e. The summed E-state index contributed by atoms with van der Waals surface area (Å²) in [6.07, 6.45) is 0.856. The molecule has 136 valence electrons. The van der Waals surface area contributed by atoms with E-state index >= 15 is 0 Å². The van der Waals surface area contributed by atoms with Gasteiger partial charge in [0, 0.05) is 16.9 Å². The first-order chi connectivity index (χ1) is 11.9. The van der Waals surface area contributed by atoms with Crippen molar-refractivity contribution in [1.29, 1.82) is 0 Å². The van der Waals surface area contributed by atoms with Crippen LogP contribution in [-0.2, 0) is 4.79 Å². The fourth-order valence-electron chi connectivity index (χ4n) is 3.60. The Morgan fingerprint density at radius 2 is 2.04 bits per heavy atom. The van der Waals surface area contributed by atoms with E-state index in [0.29, 0.717) is 23.6 Å². The third-order valence-electron chi connectivity index (χ3n) is 4.69. The molecule has 0 bridgehead atoms. The SMILES string of the molecule is CCCNC(=O)[C@@H]1N2C(=O)c3c(ccc(OC)c3OC)[C@@H]2SC1(C)C. The van der Waals surface area contributed by atoms with Crippen LogP contribution in [0.4, 0.5) is 0 Å². The fraction of sp³-hybridized carbons (Fsp3) is 0.556. The minimum atomic E-state index is -0.523.